The predicted molar refractivity (Wildman–Crippen MR) is 110 cm³/mol. The molecule has 0 amide bonds. The lowest BCUT2D eigenvalue weighted by Gasteiger charge is -2.01. The zero-order valence-corrected chi connectivity index (χ0v) is 16.6. The number of nitrogens with zero attached hydrogens (tertiary/aromatic N) is 2. The van der Waals surface area contributed by atoms with Crippen LogP contribution in [0.4, 0.5) is 4.39 Å². The molecule has 4 rings (SSSR count). The van der Waals surface area contributed by atoms with Crippen molar-refractivity contribution >= 4 is 21.6 Å². The molecule has 142 valence electrons. The van der Waals surface area contributed by atoms with Crippen LogP contribution in [0.15, 0.2) is 67.0 Å². The van der Waals surface area contributed by atoms with Crippen molar-refractivity contribution in [2.24, 2.45) is 0 Å². The van der Waals surface area contributed by atoms with Gasteiger partial charge in [-0.2, -0.15) is 0 Å². The van der Waals surface area contributed by atoms with E-state index in [9.17, 15) is 4.39 Å². The van der Waals surface area contributed by atoms with Crippen LogP contribution in [0.5, 0.6) is 5.75 Å². The highest BCUT2D eigenvalue weighted by molar-refractivity contribution is 7.18. The second-order valence-corrected chi connectivity index (χ2v) is 7.92. The molecule has 3 nitrogen and oxygen atoms in total. The van der Waals surface area contributed by atoms with E-state index in [-0.39, 0.29) is 5.82 Å². The Morgan fingerprint density at radius 3 is 2.50 bits per heavy atom. The van der Waals surface area contributed by atoms with Crippen molar-refractivity contribution in [3.63, 3.8) is 0 Å². The highest BCUT2D eigenvalue weighted by atomic mass is 32.1. The van der Waals surface area contributed by atoms with E-state index >= 15 is 0 Å². The first-order chi connectivity index (χ1) is 13.7. The molecular formula is C23H22FN2OS+. The highest BCUT2D eigenvalue weighted by Crippen LogP contribution is 2.27. The molecule has 2 aromatic carbocycles. The van der Waals surface area contributed by atoms with E-state index in [1.54, 1.807) is 18.4 Å². The van der Waals surface area contributed by atoms with Crippen LogP contribution in [0.1, 0.15) is 22.6 Å². The maximum Gasteiger partial charge on any atom is 0.173 e. The molecule has 0 saturated heterocycles. The smallest absolute Gasteiger partial charge is 0.173 e. The van der Waals surface area contributed by atoms with Gasteiger partial charge in [0.2, 0.25) is 0 Å². The predicted octanol–water partition coefficient (Wildman–Crippen LogP) is 4.96. The highest BCUT2D eigenvalue weighted by Gasteiger charge is 2.07. The summed E-state index contributed by atoms with van der Waals surface area (Å²) in [7, 11) is 1.69. The van der Waals surface area contributed by atoms with E-state index in [4.69, 9.17) is 9.72 Å². The standard InChI is InChI=1S/C23H22FN2OS/c1-27-20-9-10-21-22(15-20)28-23(25-21)4-2-3-17-11-13-26(14-12-17)16-18-5-7-19(24)8-6-18/h5-15H,2-4,16H2,1H3/q+1. The normalized spacial score (nSPS) is 11.1. The molecular weight excluding hydrogens is 371 g/mol. The quantitative estimate of drug-likeness (QED) is 0.415. The molecule has 0 N–H and O–H groups in total. The van der Waals surface area contributed by atoms with Crippen LogP contribution in [0, 0.1) is 5.82 Å². The van der Waals surface area contributed by atoms with Crippen molar-refractivity contribution in [1.82, 2.24) is 4.98 Å². The van der Waals surface area contributed by atoms with E-state index in [1.807, 2.05) is 30.3 Å². The average Bonchev–Trinajstić information content (AvgIpc) is 3.13. The number of ether oxygens (including phenoxy) is 1. The van der Waals surface area contributed by atoms with Gasteiger partial charge in [0.15, 0.2) is 18.9 Å². The summed E-state index contributed by atoms with van der Waals surface area (Å²) in [5.74, 6) is 0.678. The van der Waals surface area contributed by atoms with E-state index in [0.717, 1.165) is 42.6 Å². The zero-order valence-electron chi connectivity index (χ0n) is 15.8. The van der Waals surface area contributed by atoms with Crippen LogP contribution in [0.2, 0.25) is 0 Å². The Morgan fingerprint density at radius 1 is 0.964 bits per heavy atom. The number of halogens is 1. The fourth-order valence-electron chi connectivity index (χ4n) is 3.19. The molecule has 0 spiro atoms. The first-order valence-corrected chi connectivity index (χ1v) is 10.2. The molecule has 2 heterocycles. The zero-order chi connectivity index (χ0) is 19.3. The third-order valence-electron chi connectivity index (χ3n) is 4.73. The molecule has 0 unspecified atom stereocenters. The maximum atomic E-state index is 13.0. The Morgan fingerprint density at radius 2 is 1.75 bits per heavy atom. The lowest BCUT2D eigenvalue weighted by atomic mass is 10.1. The lowest BCUT2D eigenvalue weighted by molar-refractivity contribution is -0.688. The molecule has 0 radical (unpaired) electrons. The van der Waals surface area contributed by atoms with Gasteiger partial charge in [-0.05, 0) is 67.3 Å². The topological polar surface area (TPSA) is 26.0 Å². The fraction of sp³-hybridized carbons (Fsp3) is 0.217. The first-order valence-electron chi connectivity index (χ1n) is 9.35. The van der Waals surface area contributed by atoms with Gasteiger partial charge in [0, 0.05) is 17.7 Å². The van der Waals surface area contributed by atoms with Crippen molar-refractivity contribution in [3.8, 4) is 5.75 Å². The Balaban J connectivity index is 1.32. The number of aromatic nitrogens is 2. The summed E-state index contributed by atoms with van der Waals surface area (Å²) >= 11 is 1.74. The third-order valence-corrected chi connectivity index (χ3v) is 5.81. The minimum absolute atomic E-state index is 0.198. The van der Waals surface area contributed by atoms with Crippen LogP contribution in [0.25, 0.3) is 10.2 Å². The molecule has 0 bridgehead atoms. The minimum Gasteiger partial charge on any atom is -0.497 e. The van der Waals surface area contributed by atoms with Gasteiger partial charge in [0.25, 0.3) is 0 Å². The van der Waals surface area contributed by atoms with Crippen LogP contribution in [-0.4, -0.2) is 12.1 Å². The number of pyridine rings is 1. The number of thiazole rings is 1. The number of benzene rings is 2. The monoisotopic (exact) mass is 393 g/mol. The van der Waals surface area contributed by atoms with Gasteiger partial charge in [-0.25, -0.2) is 13.9 Å². The molecule has 0 atom stereocenters. The number of methoxy groups -OCH3 is 1. The number of aryl methyl sites for hydroxylation is 2. The van der Waals surface area contributed by atoms with E-state index < -0.39 is 0 Å². The van der Waals surface area contributed by atoms with Gasteiger partial charge in [-0.3, -0.25) is 0 Å². The molecule has 0 aliphatic rings. The van der Waals surface area contributed by atoms with Gasteiger partial charge in [0.05, 0.1) is 22.3 Å². The van der Waals surface area contributed by atoms with Gasteiger partial charge in [-0.15, -0.1) is 11.3 Å². The number of rotatable bonds is 7. The van der Waals surface area contributed by atoms with E-state index in [2.05, 4.69) is 29.1 Å². The first kappa shape index (κ1) is 18.6. The van der Waals surface area contributed by atoms with Crippen molar-refractivity contribution in [3.05, 3.63) is 88.9 Å². The van der Waals surface area contributed by atoms with Crippen LogP contribution in [0.3, 0.4) is 0 Å². The summed E-state index contributed by atoms with van der Waals surface area (Å²) in [5, 5.41) is 1.17. The molecule has 0 saturated carbocycles. The fourth-order valence-corrected chi connectivity index (χ4v) is 4.23. The summed E-state index contributed by atoms with van der Waals surface area (Å²) in [4.78, 5) is 4.72. The average molecular weight is 394 g/mol. The van der Waals surface area contributed by atoms with Crippen LogP contribution < -0.4 is 9.30 Å². The van der Waals surface area contributed by atoms with Gasteiger partial charge in [-0.1, -0.05) is 0 Å². The van der Waals surface area contributed by atoms with Gasteiger partial charge in [0.1, 0.15) is 11.6 Å². The molecule has 0 fully saturated rings. The summed E-state index contributed by atoms with van der Waals surface area (Å²) in [6, 6.07) is 17.0. The van der Waals surface area contributed by atoms with Crippen molar-refractivity contribution in [2.75, 3.05) is 7.11 Å². The molecule has 0 aliphatic heterocycles. The third kappa shape index (κ3) is 4.54. The Bertz CT molecular complexity index is 1060. The summed E-state index contributed by atoms with van der Waals surface area (Å²) < 4.78 is 21.6. The summed E-state index contributed by atoms with van der Waals surface area (Å²) in [6.07, 6.45) is 7.24. The van der Waals surface area contributed by atoms with Crippen molar-refractivity contribution in [1.29, 1.82) is 0 Å². The lowest BCUT2D eigenvalue weighted by Crippen LogP contribution is -2.33. The molecule has 28 heavy (non-hydrogen) atoms. The maximum absolute atomic E-state index is 13.0. The summed E-state index contributed by atoms with van der Waals surface area (Å²) in [6.45, 7) is 0.746. The second kappa shape index (κ2) is 8.48. The molecule has 5 heteroatoms. The van der Waals surface area contributed by atoms with Crippen molar-refractivity contribution in [2.45, 2.75) is 25.8 Å². The van der Waals surface area contributed by atoms with Crippen molar-refractivity contribution < 1.29 is 13.7 Å². The molecule has 2 aromatic heterocycles. The van der Waals surface area contributed by atoms with Gasteiger partial charge >= 0.3 is 0 Å². The number of hydrogen-bond donors (Lipinski definition) is 0. The summed E-state index contributed by atoms with van der Waals surface area (Å²) in [5.41, 5.74) is 3.45. The Kier molecular flexibility index (Phi) is 5.63. The van der Waals surface area contributed by atoms with Crippen LogP contribution >= 0.6 is 11.3 Å². The number of hydrogen-bond acceptors (Lipinski definition) is 3. The molecule has 0 aliphatic carbocycles. The molecule has 4 aromatic rings. The van der Waals surface area contributed by atoms with E-state index in [1.165, 1.54) is 27.4 Å². The van der Waals surface area contributed by atoms with Crippen LogP contribution in [-0.2, 0) is 19.4 Å². The Hall–Kier alpha value is -2.79. The van der Waals surface area contributed by atoms with E-state index in [0.29, 0.717) is 0 Å². The van der Waals surface area contributed by atoms with Gasteiger partial charge < -0.3 is 4.74 Å². The minimum atomic E-state index is -0.198. The largest absolute Gasteiger partial charge is 0.497 e. The second-order valence-electron chi connectivity index (χ2n) is 6.80. The Labute approximate surface area is 168 Å². The SMILES string of the molecule is COc1ccc2nc(CCCc3cc[n+](Cc4ccc(F)cc4)cc3)sc2c1. The number of fused-ring (bicyclic) bond motifs is 1.